The zero-order valence-corrected chi connectivity index (χ0v) is 14.0. The molecule has 0 atom stereocenters. The molecule has 118 valence electrons. The fourth-order valence-corrected chi connectivity index (χ4v) is 2.46. The van der Waals surface area contributed by atoms with Gasteiger partial charge in [-0.25, -0.2) is 4.68 Å². The minimum Gasteiger partial charge on any atom is -0.484 e. The summed E-state index contributed by atoms with van der Waals surface area (Å²) in [5, 5.41) is 4.38. The summed E-state index contributed by atoms with van der Waals surface area (Å²) in [6.07, 6.45) is 0.934. The summed E-state index contributed by atoms with van der Waals surface area (Å²) in [7, 11) is 0. The van der Waals surface area contributed by atoms with Gasteiger partial charge in [0.1, 0.15) is 5.75 Å². The lowest BCUT2D eigenvalue weighted by molar-refractivity contribution is 0.0818. The maximum Gasteiger partial charge on any atom is 0.284 e. The number of benzene rings is 1. The molecule has 1 aromatic heterocycles. The first kappa shape index (κ1) is 16.3. The van der Waals surface area contributed by atoms with Crippen LogP contribution in [0.5, 0.6) is 5.75 Å². The van der Waals surface area contributed by atoms with Crippen molar-refractivity contribution in [3.63, 3.8) is 0 Å². The molecule has 4 nitrogen and oxygen atoms in total. The second-order valence-electron chi connectivity index (χ2n) is 6.15. The molecular formula is C18H24N2O2. The number of rotatable bonds is 5. The lowest BCUT2D eigenvalue weighted by Gasteiger charge is -2.08. The molecule has 2 aromatic rings. The first-order valence-electron chi connectivity index (χ1n) is 7.66. The fraction of sp³-hybridized carbons (Fsp3) is 0.444. The van der Waals surface area contributed by atoms with Crippen LogP contribution in [0.2, 0.25) is 0 Å². The van der Waals surface area contributed by atoms with E-state index in [1.807, 2.05) is 45.0 Å². The number of aromatic nitrogens is 2. The van der Waals surface area contributed by atoms with Crippen LogP contribution in [0, 0.1) is 26.7 Å². The highest BCUT2D eigenvalue weighted by molar-refractivity contribution is 5.80. The minimum atomic E-state index is -0.142. The first-order valence-corrected chi connectivity index (χ1v) is 7.66. The molecule has 2 rings (SSSR count). The highest BCUT2D eigenvalue weighted by Crippen LogP contribution is 2.18. The molecule has 0 aliphatic carbocycles. The lowest BCUT2D eigenvalue weighted by atomic mass is 10.0. The molecule has 4 heteroatoms. The van der Waals surface area contributed by atoms with Crippen LogP contribution in [0.3, 0.4) is 0 Å². The Labute approximate surface area is 132 Å². The number of carbonyl (C=O) groups excluding carboxylic acids is 1. The molecule has 0 N–H and O–H groups in total. The van der Waals surface area contributed by atoms with Gasteiger partial charge in [0.15, 0.2) is 6.61 Å². The molecule has 1 aromatic carbocycles. The standard InChI is InChI=1S/C18H24N2O2/c1-12(2)10-17-14(4)19-20(15(17)5)18(21)11-22-16-8-6-13(3)7-9-16/h6-9,12H,10-11H2,1-5H3. The average molecular weight is 300 g/mol. The third-order valence-corrected chi connectivity index (χ3v) is 3.67. The van der Waals surface area contributed by atoms with Crippen molar-refractivity contribution in [2.24, 2.45) is 5.92 Å². The van der Waals surface area contributed by atoms with Crippen molar-refractivity contribution in [1.29, 1.82) is 0 Å². The van der Waals surface area contributed by atoms with E-state index in [1.165, 1.54) is 10.2 Å². The monoisotopic (exact) mass is 300 g/mol. The number of hydrogen-bond acceptors (Lipinski definition) is 3. The van der Waals surface area contributed by atoms with Crippen LogP contribution < -0.4 is 4.74 Å². The molecule has 0 aliphatic rings. The van der Waals surface area contributed by atoms with Gasteiger partial charge in [-0.15, -0.1) is 0 Å². The van der Waals surface area contributed by atoms with Gasteiger partial charge in [-0.3, -0.25) is 4.79 Å². The van der Waals surface area contributed by atoms with Crippen LogP contribution in [0.15, 0.2) is 24.3 Å². The van der Waals surface area contributed by atoms with Crippen LogP contribution in [-0.4, -0.2) is 22.3 Å². The van der Waals surface area contributed by atoms with Crippen molar-refractivity contribution >= 4 is 5.91 Å². The van der Waals surface area contributed by atoms with Crippen LogP contribution in [0.4, 0.5) is 0 Å². The van der Waals surface area contributed by atoms with Crippen molar-refractivity contribution in [1.82, 2.24) is 9.78 Å². The normalized spacial score (nSPS) is 11.0. The van der Waals surface area contributed by atoms with Gasteiger partial charge in [0.05, 0.1) is 5.69 Å². The summed E-state index contributed by atoms with van der Waals surface area (Å²) in [5.41, 5.74) is 4.17. The van der Waals surface area contributed by atoms with Crippen molar-refractivity contribution in [3.8, 4) is 5.75 Å². The van der Waals surface area contributed by atoms with E-state index >= 15 is 0 Å². The Morgan fingerprint density at radius 3 is 2.41 bits per heavy atom. The summed E-state index contributed by atoms with van der Waals surface area (Å²) >= 11 is 0. The molecule has 22 heavy (non-hydrogen) atoms. The summed E-state index contributed by atoms with van der Waals surface area (Å²) in [6.45, 7) is 10.2. The van der Waals surface area contributed by atoms with Crippen LogP contribution in [-0.2, 0) is 6.42 Å². The molecule has 0 saturated heterocycles. The minimum absolute atomic E-state index is 0.00780. The topological polar surface area (TPSA) is 44.1 Å². The van der Waals surface area contributed by atoms with Crippen molar-refractivity contribution < 1.29 is 9.53 Å². The Hall–Kier alpha value is -2.10. The van der Waals surface area contributed by atoms with Gasteiger partial charge in [0.2, 0.25) is 0 Å². The van der Waals surface area contributed by atoms with Crippen LogP contribution in [0.25, 0.3) is 0 Å². The number of aryl methyl sites for hydroxylation is 2. The molecule has 0 amide bonds. The van der Waals surface area contributed by atoms with Crippen LogP contribution >= 0.6 is 0 Å². The first-order chi connectivity index (χ1) is 10.4. The zero-order chi connectivity index (χ0) is 16.3. The van der Waals surface area contributed by atoms with E-state index in [1.54, 1.807) is 0 Å². The third-order valence-electron chi connectivity index (χ3n) is 3.67. The van der Waals surface area contributed by atoms with Crippen molar-refractivity contribution in [2.45, 2.75) is 41.0 Å². The Bertz CT molecular complexity index is 654. The van der Waals surface area contributed by atoms with Gasteiger partial charge >= 0.3 is 0 Å². The summed E-state index contributed by atoms with van der Waals surface area (Å²) in [6, 6.07) is 7.66. The number of ether oxygens (including phenoxy) is 1. The summed E-state index contributed by atoms with van der Waals surface area (Å²) in [5.74, 6) is 1.09. The van der Waals surface area contributed by atoms with E-state index in [-0.39, 0.29) is 12.5 Å². The maximum absolute atomic E-state index is 12.3. The van der Waals surface area contributed by atoms with E-state index in [9.17, 15) is 4.79 Å². The number of hydrogen-bond donors (Lipinski definition) is 0. The summed E-state index contributed by atoms with van der Waals surface area (Å²) < 4.78 is 7.03. The third kappa shape index (κ3) is 3.75. The Morgan fingerprint density at radius 2 is 1.82 bits per heavy atom. The lowest BCUT2D eigenvalue weighted by Crippen LogP contribution is -2.21. The summed E-state index contributed by atoms with van der Waals surface area (Å²) in [4.78, 5) is 12.3. The molecule has 0 aliphatic heterocycles. The molecule has 0 unspecified atom stereocenters. The van der Waals surface area contributed by atoms with Crippen molar-refractivity contribution in [2.75, 3.05) is 6.61 Å². The van der Waals surface area contributed by atoms with Gasteiger partial charge in [-0.05, 0) is 50.8 Å². The predicted molar refractivity (Wildman–Crippen MR) is 87.5 cm³/mol. The van der Waals surface area contributed by atoms with Gasteiger partial charge in [-0.2, -0.15) is 5.10 Å². The van der Waals surface area contributed by atoms with Crippen molar-refractivity contribution in [3.05, 3.63) is 46.8 Å². The Balaban J connectivity index is 2.08. The molecule has 0 spiro atoms. The second kappa shape index (κ2) is 6.77. The molecule has 0 saturated carbocycles. The van der Waals surface area contributed by atoms with Gasteiger partial charge < -0.3 is 4.74 Å². The molecular weight excluding hydrogens is 276 g/mol. The van der Waals surface area contributed by atoms with E-state index < -0.39 is 0 Å². The van der Waals surface area contributed by atoms with E-state index in [4.69, 9.17) is 4.74 Å². The molecule has 0 fully saturated rings. The highest BCUT2D eigenvalue weighted by atomic mass is 16.5. The average Bonchev–Trinajstić information content (AvgIpc) is 2.74. The quantitative estimate of drug-likeness (QED) is 0.845. The van der Waals surface area contributed by atoms with Gasteiger partial charge in [0, 0.05) is 5.69 Å². The molecule has 0 radical (unpaired) electrons. The SMILES string of the molecule is Cc1ccc(OCC(=O)n2nc(C)c(CC(C)C)c2C)cc1. The highest BCUT2D eigenvalue weighted by Gasteiger charge is 2.17. The Morgan fingerprint density at radius 1 is 1.18 bits per heavy atom. The Kier molecular flexibility index (Phi) is 5.01. The molecule has 1 heterocycles. The smallest absolute Gasteiger partial charge is 0.284 e. The predicted octanol–water partition coefficient (Wildman–Crippen LogP) is 3.73. The second-order valence-corrected chi connectivity index (χ2v) is 6.15. The van der Waals surface area contributed by atoms with E-state index in [0.29, 0.717) is 11.7 Å². The van der Waals surface area contributed by atoms with E-state index in [2.05, 4.69) is 18.9 Å². The molecule has 0 bridgehead atoms. The number of carbonyl (C=O) groups is 1. The van der Waals surface area contributed by atoms with E-state index in [0.717, 1.165) is 23.4 Å². The van der Waals surface area contributed by atoms with Gasteiger partial charge in [-0.1, -0.05) is 31.5 Å². The zero-order valence-electron chi connectivity index (χ0n) is 14.0. The largest absolute Gasteiger partial charge is 0.484 e. The number of nitrogens with zero attached hydrogens (tertiary/aromatic N) is 2. The van der Waals surface area contributed by atoms with Crippen LogP contribution in [0.1, 0.15) is 41.2 Å². The maximum atomic E-state index is 12.3. The fourth-order valence-electron chi connectivity index (χ4n) is 2.46. The van der Waals surface area contributed by atoms with Gasteiger partial charge in [0.25, 0.3) is 5.91 Å².